The average molecular weight is 315 g/mol. The van der Waals surface area contributed by atoms with Crippen LogP contribution < -0.4 is 9.47 Å². The van der Waals surface area contributed by atoms with E-state index in [4.69, 9.17) is 9.47 Å². The van der Waals surface area contributed by atoms with Crippen molar-refractivity contribution in [2.45, 2.75) is 25.4 Å². The maximum absolute atomic E-state index is 12.9. The largest absolute Gasteiger partial charge is 0.497 e. The van der Waals surface area contributed by atoms with Gasteiger partial charge in [-0.25, -0.2) is 4.39 Å². The van der Waals surface area contributed by atoms with Gasteiger partial charge >= 0.3 is 0 Å². The second kappa shape index (κ2) is 7.47. The van der Waals surface area contributed by atoms with Gasteiger partial charge in [-0.05, 0) is 54.8 Å². The van der Waals surface area contributed by atoms with Crippen LogP contribution >= 0.6 is 0 Å². The minimum Gasteiger partial charge on any atom is -0.497 e. The van der Waals surface area contributed by atoms with Gasteiger partial charge in [0.15, 0.2) is 0 Å². The molecule has 0 N–H and O–H groups in total. The highest BCUT2D eigenvalue weighted by Gasteiger charge is 2.28. The van der Waals surface area contributed by atoms with Crippen LogP contribution in [0, 0.1) is 5.82 Å². The molecule has 0 radical (unpaired) electrons. The van der Waals surface area contributed by atoms with Crippen LogP contribution in [0.4, 0.5) is 4.39 Å². The first kappa shape index (κ1) is 15.8. The summed E-state index contributed by atoms with van der Waals surface area (Å²) in [4.78, 5) is 2.45. The van der Waals surface area contributed by atoms with Gasteiger partial charge < -0.3 is 9.47 Å². The van der Waals surface area contributed by atoms with Gasteiger partial charge in [-0.3, -0.25) is 4.90 Å². The molecule has 0 saturated heterocycles. The number of hydrogen-bond acceptors (Lipinski definition) is 3. The topological polar surface area (TPSA) is 21.7 Å². The van der Waals surface area contributed by atoms with Crippen LogP contribution in [-0.4, -0.2) is 31.2 Å². The van der Waals surface area contributed by atoms with Gasteiger partial charge in [0.25, 0.3) is 0 Å². The van der Waals surface area contributed by atoms with Crippen molar-refractivity contribution in [1.82, 2.24) is 4.90 Å². The Morgan fingerprint density at radius 2 is 1.65 bits per heavy atom. The minimum atomic E-state index is -0.239. The van der Waals surface area contributed by atoms with Gasteiger partial charge in [-0.1, -0.05) is 12.1 Å². The van der Waals surface area contributed by atoms with Crippen molar-refractivity contribution < 1.29 is 13.9 Å². The van der Waals surface area contributed by atoms with Crippen LogP contribution in [0.1, 0.15) is 18.4 Å². The first-order valence-electron chi connectivity index (χ1n) is 8.00. The second-order valence-corrected chi connectivity index (χ2v) is 5.85. The zero-order chi connectivity index (χ0) is 16.1. The Labute approximate surface area is 136 Å². The van der Waals surface area contributed by atoms with Gasteiger partial charge in [0, 0.05) is 19.1 Å². The lowest BCUT2D eigenvalue weighted by atomic mass is 10.2. The van der Waals surface area contributed by atoms with Crippen LogP contribution in [0.15, 0.2) is 48.5 Å². The summed E-state index contributed by atoms with van der Waals surface area (Å²) in [5.41, 5.74) is 1.28. The summed E-state index contributed by atoms with van der Waals surface area (Å²) in [6, 6.07) is 15.0. The molecule has 0 unspecified atom stereocenters. The molecule has 3 rings (SSSR count). The van der Waals surface area contributed by atoms with Crippen molar-refractivity contribution in [3.63, 3.8) is 0 Å². The highest BCUT2D eigenvalue weighted by atomic mass is 19.1. The number of ether oxygens (including phenoxy) is 2. The van der Waals surface area contributed by atoms with E-state index in [1.165, 1.54) is 30.5 Å². The summed E-state index contributed by atoms with van der Waals surface area (Å²) >= 11 is 0. The Hall–Kier alpha value is -2.07. The molecule has 1 aliphatic rings. The van der Waals surface area contributed by atoms with Gasteiger partial charge in [0.2, 0.25) is 0 Å². The Morgan fingerprint density at radius 3 is 2.26 bits per heavy atom. The number of methoxy groups -OCH3 is 1. The molecular weight excluding hydrogens is 293 g/mol. The second-order valence-electron chi connectivity index (χ2n) is 5.85. The lowest BCUT2D eigenvalue weighted by Gasteiger charge is -2.22. The molecule has 122 valence electrons. The molecule has 0 amide bonds. The van der Waals surface area contributed by atoms with Crippen molar-refractivity contribution in [1.29, 1.82) is 0 Å². The Balaban J connectivity index is 1.51. The summed E-state index contributed by atoms with van der Waals surface area (Å²) in [6.07, 6.45) is 2.51. The predicted octanol–water partition coefficient (Wildman–Crippen LogP) is 3.88. The van der Waals surface area contributed by atoms with E-state index < -0.39 is 0 Å². The molecule has 4 heteroatoms. The lowest BCUT2D eigenvalue weighted by Crippen LogP contribution is -2.30. The Kier molecular flexibility index (Phi) is 5.13. The molecule has 0 bridgehead atoms. The molecule has 0 aliphatic heterocycles. The van der Waals surface area contributed by atoms with Gasteiger partial charge in [0.1, 0.15) is 23.9 Å². The summed E-state index contributed by atoms with van der Waals surface area (Å²) in [6.45, 7) is 2.40. The molecule has 0 heterocycles. The normalized spacial score (nSPS) is 14.0. The van der Waals surface area contributed by atoms with Crippen LogP contribution in [0.2, 0.25) is 0 Å². The molecule has 3 nitrogen and oxygen atoms in total. The maximum atomic E-state index is 12.9. The number of rotatable bonds is 8. The van der Waals surface area contributed by atoms with Gasteiger partial charge in [-0.15, -0.1) is 0 Å². The fourth-order valence-electron chi connectivity index (χ4n) is 2.61. The average Bonchev–Trinajstić information content (AvgIpc) is 3.41. The number of hydrogen-bond donors (Lipinski definition) is 0. The van der Waals surface area contributed by atoms with Crippen molar-refractivity contribution in [3.8, 4) is 11.5 Å². The van der Waals surface area contributed by atoms with E-state index in [0.717, 1.165) is 18.8 Å². The zero-order valence-corrected chi connectivity index (χ0v) is 13.4. The zero-order valence-electron chi connectivity index (χ0n) is 13.4. The van der Waals surface area contributed by atoms with E-state index in [1.807, 2.05) is 12.1 Å². The molecule has 0 atom stereocenters. The molecular formula is C19H22FNO2. The first-order chi connectivity index (χ1) is 11.2. The summed E-state index contributed by atoms with van der Waals surface area (Å²) < 4.78 is 23.8. The summed E-state index contributed by atoms with van der Waals surface area (Å²) in [7, 11) is 1.68. The van der Waals surface area contributed by atoms with E-state index in [2.05, 4.69) is 17.0 Å². The van der Waals surface area contributed by atoms with Crippen LogP contribution in [0.3, 0.4) is 0 Å². The SMILES string of the molecule is COc1ccc(CN(CCOc2ccc(F)cc2)C2CC2)cc1. The third kappa shape index (κ3) is 4.70. The third-order valence-corrected chi connectivity index (χ3v) is 4.07. The van der Waals surface area contributed by atoms with Crippen LogP contribution in [-0.2, 0) is 6.54 Å². The minimum absolute atomic E-state index is 0.239. The number of benzene rings is 2. The summed E-state index contributed by atoms with van der Waals surface area (Å²) in [5, 5.41) is 0. The molecule has 2 aromatic rings. The number of halogens is 1. The smallest absolute Gasteiger partial charge is 0.123 e. The van der Waals surface area contributed by atoms with E-state index in [1.54, 1.807) is 19.2 Å². The van der Waals surface area contributed by atoms with Gasteiger partial charge in [0.05, 0.1) is 7.11 Å². The van der Waals surface area contributed by atoms with Gasteiger partial charge in [-0.2, -0.15) is 0 Å². The maximum Gasteiger partial charge on any atom is 0.123 e. The van der Waals surface area contributed by atoms with Crippen molar-refractivity contribution in [2.75, 3.05) is 20.3 Å². The lowest BCUT2D eigenvalue weighted by molar-refractivity contribution is 0.195. The molecule has 1 saturated carbocycles. The first-order valence-corrected chi connectivity index (χ1v) is 8.00. The van der Waals surface area contributed by atoms with E-state index in [-0.39, 0.29) is 5.82 Å². The number of nitrogens with zero attached hydrogens (tertiary/aromatic N) is 1. The van der Waals surface area contributed by atoms with E-state index in [0.29, 0.717) is 18.4 Å². The van der Waals surface area contributed by atoms with E-state index >= 15 is 0 Å². The molecule has 0 aromatic heterocycles. The quantitative estimate of drug-likeness (QED) is 0.738. The van der Waals surface area contributed by atoms with Crippen LogP contribution in [0.25, 0.3) is 0 Å². The fourth-order valence-corrected chi connectivity index (χ4v) is 2.61. The molecule has 1 fully saturated rings. The summed E-state index contributed by atoms with van der Waals surface area (Å²) in [5.74, 6) is 1.36. The molecule has 2 aromatic carbocycles. The Bertz CT molecular complexity index is 608. The molecule has 1 aliphatic carbocycles. The Morgan fingerprint density at radius 1 is 1.00 bits per heavy atom. The highest BCUT2D eigenvalue weighted by molar-refractivity contribution is 5.27. The standard InChI is InChI=1S/C19H22FNO2/c1-22-18-8-2-15(3-9-18)14-21(17-6-7-17)12-13-23-19-10-4-16(20)5-11-19/h2-5,8-11,17H,6-7,12-14H2,1H3. The van der Waals surface area contributed by atoms with Crippen molar-refractivity contribution >= 4 is 0 Å². The molecule has 23 heavy (non-hydrogen) atoms. The van der Waals surface area contributed by atoms with Crippen molar-refractivity contribution in [3.05, 3.63) is 59.9 Å². The monoisotopic (exact) mass is 315 g/mol. The third-order valence-electron chi connectivity index (χ3n) is 4.07. The molecule has 0 spiro atoms. The highest BCUT2D eigenvalue weighted by Crippen LogP contribution is 2.28. The van der Waals surface area contributed by atoms with E-state index in [9.17, 15) is 4.39 Å². The van der Waals surface area contributed by atoms with Crippen LogP contribution in [0.5, 0.6) is 11.5 Å². The predicted molar refractivity (Wildman–Crippen MR) is 88.3 cm³/mol. The van der Waals surface area contributed by atoms with Crippen molar-refractivity contribution in [2.24, 2.45) is 0 Å². The fraction of sp³-hybridized carbons (Fsp3) is 0.368.